The van der Waals surface area contributed by atoms with Gasteiger partial charge in [-0.05, 0) is 17.7 Å². The number of benzene rings is 1. The van der Waals surface area contributed by atoms with E-state index in [-0.39, 0.29) is 22.7 Å². The molecule has 1 aromatic carbocycles. The van der Waals surface area contributed by atoms with Gasteiger partial charge in [0.2, 0.25) is 5.91 Å². The highest BCUT2D eigenvalue weighted by Crippen LogP contribution is 2.53. The Morgan fingerprint density at radius 1 is 1.41 bits per heavy atom. The molecule has 1 amide bonds. The summed E-state index contributed by atoms with van der Waals surface area (Å²) in [5.41, 5.74) is 0.469. The van der Waals surface area contributed by atoms with Crippen molar-refractivity contribution in [3.63, 3.8) is 0 Å². The van der Waals surface area contributed by atoms with Crippen LogP contribution >= 0.6 is 27.7 Å². The number of carbonyl (C=O) groups excluding carboxylic acids is 1. The van der Waals surface area contributed by atoms with Crippen LogP contribution in [0.25, 0.3) is 0 Å². The molecule has 2 N–H and O–H groups in total. The number of thioether (sulfide) groups is 1. The lowest BCUT2D eigenvalue weighted by Crippen LogP contribution is -2.50. The van der Waals surface area contributed by atoms with Crippen molar-refractivity contribution in [1.82, 2.24) is 4.90 Å². The molecule has 2 unspecified atom stereocenters. The summed E-state index contributed by atoms with van der Waals surface area (Å²) in [6.45, 7) is 4.38. The molecule has 2 aliphatic rings. The third-order valence-electron chi connectivity index (χ3n) is 4.34. The minimum Gasteiger partial charge on any atom is -0.504 e. The van der Waals surface area contributed by atoms with E-state index in [0.29, 0.717) is 31.6 Å². The van der Waals surface area contributed by atoms with Crippen LogP contribution in [0.5, 0.6) is 11.5 Å². The topological polar surface area (TPSA) is 70.0 Å². The first-order chi connectivity index (χ1) is 10.5. The van der Waals surface area contributed by atoms with E-state index < -0.39 is 5.41 Å². The maximum absolute atomic E-state index is 12.9. The van der Waals surface area contributed by atoms with Crippen LogP contribution in [0.3, 0.4) is 0 Å². The van der Waals surface area contributed by atoms with Crippen LogP contribution in [0.1, 0.15) is 12.5 Å². The van der Waals surface area contributed by atoms with Crippen LogP contribution < -0.4 is 0 Å². The molecular formula is C15H18BrNO4S. The number of amides is 1. The van der Waals surface area contributed by atoms with E-state index in [0.717, 1.165) is 10.5 Å². The van der Waals surface area contributed by atoms with Crippen molar-refractivity contribution in [2.24, 2.45) is 0 Å². The molecule has 2 heterocycles. The highest BCUT2D eigenvalue weighted by Gasteiger charge is 2.49. The average Bonchev–Trinajstić information content (AvgIpc) is 2.81. The number of alkyl halides is 1. The first-order valence-electron chi connectivity index (χ1n) is 7.13. The summed E-state index contributed by atoms with van der Waals surface area (Å²) in [5, 5.41) is 19.8. The Bertz CT molecular complexity index is 605. The lowest BCUT2D eigenvalue weighted by Gasteiger charge is -2.35. The number of ether oxygens (including phenoxy) is 1. The lowest BCUT2D eigenvalue weighted by molar-refractivity contribution is -0.135. The summed E-state index contributed by atoms with van der Waals surface area (Å²) in [6.07, 6.45) is 0. The Morgan fingerprint density at radius 2 is 2.05 bits per heavy atom. The molecule has 1 fully saturated rings. The van der Waals surface area contributed by atoms with Gasteiger partial charge in [-0.3, -0.25) is 4.79 Å². The molecule has 0 bridgehead atoms. The second kappa shape index (κ2) is 5.94. The molecule has 2 atom stereocenters. The van der Waals surface area contributed by atoms with Crippen molar-refractivity contribution in [2.45, 2.75) is 22.5 Å². The molecule has 0 radical (unpaired) electrons. The maximum atomic E-state index is 12.9. The van der Waals surface area contributed by atoms with Gasteiger partial charge in [0.25, 0.3) is 0 Å². The van der Waals surface area contributed by atoms with Crippen LogP contribution in [0.4, 0.5) is 0 Å². The second-order valence-corrected chi connectivity index (χ2v) is 7.53. The number of morpholine rings is 1. The van der Waals surface area contributed by atoms with Crippen LogP contribution in [-0.2, 0) is 14.9 Å². The lowest BCUT2D eigenvalue weighted by atomic mass is 9.80. The molecule has 0 aromatic heterocycles. The molecule has 0 saturated carbocycles. The Morgan fingerprint density at radius 3 is 2.68 bits per heavy atom. The smallest absolute Gasteiger partial charge is 0.237 e. The van der Waals surface area contributed by atoms with Gasteiger partial charge in [0.15, 0.2) is 11.5 Å². The summed E-state index contributed by atoms with van der Waals surface area (Å²) in [4.78, 5) is 15.6. The predicted octanol–water partition coefficient (Wildman–Crippen LogP) is 2.08. The molecule has 5 nitrogen and oxygen atoms in total. The number of hydrogen-bond acceptors (Lipinski definition) is 5. The van der Waals surface area contributed by atoms with Crippen molar-refractivity contribution >= 4 is 33.6 Å². The van der Waals surface area contributed by atoms with Crippen molar-refractivity contribution < 1.29 is 19.7 Å². The number of aromatic hydroxyl groups is 2. The van der Waals surface area contributed by atoms with Crippen LogP contribution in [0.2, 0.25) is 0 Å². The minimum atomic E-state index is -0.430. The third-order valence-corrected chi connectivity index (χ3v) is 7.05. The molecular weight excluding hydrogens is 370 g/mol. The van der Waals surface area contributed by atoms with E-state index in [1.54, 1.807) is 12.1 Å². The Hall–Kier alpha value is -0.920. The number of phenolic OH excluding ortho intramolecular Hbond substituents is 2. The molecule has 0 spiro atoms. The van der Waals surface area contributed by atoms with Crippen molar-refractivity contribution in [1.29, 1.82) is 0 Å². The highest BCUT2D eigenvalue weighted by molar-refractivity contribution is 9.09. The SMILES string of the molecule is CC1(CBr)c2cc(O)c(O)cc2SC1C(=O)N1CCOCC1. The minimum absolute atomic E-state index is 0.0884. The zero-order valence-electron chi connectivity index (χ0n) is 12.2. The molecule has 3 rings (SSSR count). The average molecular weight is 388 g/mol. The van der Waals surface area contributed by atoms with E-state index in [9.17, 15) is 15.0 Å². The molecule has 120 valence electrons. The van der Waals surface area contributed by atoms with Gasteiger partial charge >= 0.3 is 0 Å². The van der Waals surface area contributed by atoms with Gasteiger partial charge in [0, 0.05) is 28.7 Å². The molecule has 22 heavy (non-hydrogen) atoms. The summed E-state index contributed by atoms with van der Waals surface area (Å²) in [5.74, 6) is -0.209. The standard InChI is InChI=1S/C15H18BrNO4S/c1-15(8-16)9-6-10(18)11(19)7-12(9)22-13(15)14(20)17-2-4-21-5-3-17/h6-7,13,18-19H,2-5,8H2,1H3. The Labute approximate surface area is 141 Å². The Balaban J connectivity index is 1.94. The molecule has 1 aromatic rings. The monoisotopic (exact) mass is 387 g/mol. The summed E-state index contributed by atoms with van der Waals surface area (Å²) < 4.78 is 5.31. The van der Waals surface area contributed by atoms with Gasteiger partial charge in [-0.25, -0.2) is 0 Å². The zero-order valence-corrected chi connectivity index (χ0v) is 14.6. The summed E-state index contributed by atoms with van der Waals surface area (Å²) in [7, 11) is 0. The fourth-order valence-corrected chi connectivity index (χ4v) is 5.33. The number of rotatable bonds is 2. The van der Waals surface area contributed by atoms with Gasteiger partial charge in [0.05, 0.1) is 18.5 Å². The van der Waals surface area contributed by atoms with Gasteiger partial charge in [-0.15, -0.1) is 11.8 Å². The highest BCUT2D eigenvalue weighted by atomic mass is 79.9. The summed E-state index contributed by atoms with van der Waals surface area (Å²) >= 11 is 4.98. The quantitative estimate of drug-likeness (QED) is 0.600. The van der Waals surface area contributed by atoms with Crippen LogP contribution in [0, 0.1) is 0 Å². The molecule has 0 aliphatic carbocycles. The van der Waals surface area contributed by atoms with E-state index in [1.807, 2.05) is 11.8 Å². The number of nitrogens with zero attached hydrogens (tertiary/aromatic N) is 1. The first kappa shape index (κ1) is 16.0. The van der Waals surface area contributed by atoms with E-state index in [1.165, 1.54) is 11.8 Å². The molecule has 2 aliphatic heterocycles. The molecule has 1 saturated heterocycles. The maximum Gasteiger partial charge on any atom is 0.237 e. The van der Waals surface area contributed by atoms with Crippen molar-refractivity contribution in [3.05, 3.63) is 17.7 Å². The number of carbonyl (C=O) groups is 1. The zero-order chi connectivity index (χ0) is 15.9. The van der Waals surface area contributed by atoms with Crippen LogP contribution in [0.15, 0.2) is 17.0 Å². The van der Waals surface area contributed by atoms with Gasteiger partial charge in [-0.1, -0.05) is 22.9 Å². The van der Waals surface area contributed by atoms with E-state index >= 15 is 0 Å². The fraction of sp³-hybridized carbons (Fsp3) is 0.533. The van der Waals surface area contributed by atoms with Crippen molar-refractivity contribution in [3.8, 4) is 11.5 Å². The van der Waals surface area contributed by atoms with Gasteiger partial charge in [0.1, 0.15) is 0 Å². The summed E-state index contributed by atoms with van der Waals surface area (Å²) in [6, 6.07) is 3.12. The molecule has 7 heteroatoms. The van der Waals surface area contributed by atoms with E-state index in [2.05, 4.69) is 15.9 Å². The van der Waals surface area contributed by atoms with Gasteiger partial charge < -0.3 is 19.8 Å². The number of fused-ring (bicyclic) bond motifs is 1. The van der Waals surface area contributed by atoms with Gasteiger partial charge in [-0.2, -0.15) is 0 Å². The first-order valence-corrected chi connectivity index (χ1v) is 9.13. The fourth-order valence-electron chi connectivity index (χ4n) is 2.91. The normalized spacial score (nSPS) is 27.7. The third kappa shape index (κ3) is 2.49. The largest absolute Gasteiger partial charge is 0.504 e. The second-order valence-electron chi connectivity index (χ2n) is 5.82. The van der Waals surface area contributed by atoms with E-state index in [4.69, 9.17) is 4.74 Å². The number of halogens is 1. The number of hydrogen-bond donors (Lipinski definition) is 2. The Kier molecular flexibility index (Phi) is 4.31. The number of phenols is 2. The predicted molar refractivity (Wildman–Crippen MR) is 88.0 cm³/mol. The van der Waals surface area contributed by atoms with Crippen LogP contribution in [-0.4, -0.2) is 57.9 Å². The van der Waals surface area contributed by atoms with Crippen molar-refractivity contribution in [2.75, 3.05) is 31.6 Å².